The highest BCUT2D eigenvalue weighted by molar-refractivity contribution is 4.92. The van der Waals surface area contributed by atoms with E-state index in [4.69, 9.17) is 0 Å². The van der Waals surface area contributed by atoms with Gasteiger partial charge in [-0.2, -0.15) is 0 Å². The lowest BCUT2D eigenvalue weighted by atomic mass is 9.73. The molecule has 0 spiro atoms. The molecule has 1 heterocycles. The number of aromatic nitrogens is 4. The van der Waals surface area contributed by atoms with Gasteiger partial charge in [-0.15, -0.1) is 5.10 Å². The summed E-state index contributed by atoms with van der Waals surface area (Å²) < 4.78 is 2.06. The summed E-state index contributed by atoms with van der Waals surface area (Å²) in [6.07, 6.45) is 6.21. The summed E-state index contributed by atoms with van der Waals surface area (Å²) in [6.45, 7) is 8.62. The molecule has 0 bridgehead atoms. The molecule has 0 aromatic carbocycles. The molecule has 102 valence electrons. The van der Waals surface area contributed by atoms with E-state index in [1.807, 2.05) is 0 Å². The van der Waals surface area contributed by atoms with Crippen LogP contribution in [0, 0.1) is 5.41 Å². The summed E-state index contributed by atoms with van der Waals surface area (Å²) in [5.41, 5.74) is 0.299. The molecule has 1 unspecified atom stereocenters. The Morgan fingerprint density at radius 3 is 2.94 bits per heavy atom. The van der Waals surface area contributed by atoms with Gasteiger partial charge in [0.1, 0.15) is 0 Å². The van der Waals surface area contributed by atoms with Crippen molar-refractivity contribution in [3.63, 3.8) is 0 Å². The molecular formula is C13H25N5. The summed E-state index contributed by atoms with van der Waals surface area (Å²) in [4.78, 5) is 0. The molecule has 2 rings (SSSR count). The number of hydrogen-bond donors (Lipinski definition) is 1. The standard InChI is InChI=1S/C13H25N5/c1-4-9-14-10-12-15-16-17-18(12)11-7-5-6-8-13(11,2)3/h11,14H,4-10H2,1-3H3. The third kappa shape index (κ3) is 2.88. The van der Waals surface area contributed by atoms with E-state index in [9.17, 15) is 0 Å². The third-order valence-corrected chi connectivity index (χ3v) is 4.02. The van der Waals surface area contributed by atoms with Gasteiger partial charge in [0.25, 0.3) is 0 Å². The minimum absolute atomic E-state index is 0.299. The van der Waals surface area contributed by atoms with E-state index in [1.54, 1.807) is 0 Å². The number of nitrogens with zero attached hydrogens (tertiary/aromatic N) is 4. The molecule has 0 radical (unpaired) electrons. The van der Waals surface area contributed by atoms with Crippen molar-refractivity contribution in [2.45, 2.75) is 65.5 Å². The third-order valence-electron chi connectivity index (χ3n) is 4.02. The second kappa shape index (κ2) is 5.78. The molecule has 1 aliphatic carbocycles. The van der Waals surface area contributed by atoms with Gasteiger partial charge >= 0.3 is 0 Å². The van der Waals surface area contributed by atoms with Crippen LogP contribution in [-0.4, -0.2) is 26.8 Å². The Bertz CT molecular complexity index is 371. The van der Waals surface area contributed by atoms with Crippen LogP contribution in [0.2, 0.25) is 0 Å². The number of hydrogen-bond acceptors (Lipinski definition) is 4. The topological polar surface area (TPSA) is 55.6 Å². The second-order valence-corrected chi connectivity index (χ2v) is 5.97. The first-order valence-corrected chi connectivity index (χ1v) is 7.12. The highest BCUT2D eigenvalue weighted by atomic mass is 15.6. The van der Waals surface area contributed by atoms with E-state index in [0.29, 0.717) is 11.5 Å². The van der Waals surface area contributed by atoms with Crippen molar-refractivity contribution in [3.8, 4) is 0 Å². The summed E-state index contributed by atoms with van der Waals surface area (Å²) in [5, 5.41) is 15.6. The highest BCUT2D eigenvalue weighted by Crippen LogP contribution is 2.43. The zero-order chi connectivity index (χ0) is 13.0. The molecular weight excluding hydrogens is 226 g/mol. The largest absolute Gasteiger partial charge is 0.310 e. The molecule has 1 saturated carbocycles. The number of tetrazole rings is 1. The molecule has 5 nitrogen and oxygen atoms in total. The van der Waals surface area contributed by atoms with Gasteiger partial charge in [0.15, 0.2) is 5.82 Å². The predicted octanol–water partition coefficient (Wildman–Crippen LogP) is 2.31. The Kier molecular flexibility index (Phi) is 4.32. The maximum absolute atomic E-state index is 4.23. The van der Waals surface area contributed by atoms with E-state index in [1.165, 1.54) is 25.7 Å². The molecule has 1 N–H and O–H groups in total. The Balaban J connectivity index is 2.09. The van der Waals surface area contributed by atoms with Gasteiger partial charge in [0, 0.05) is 0 Å². The average Bonchev–Trinajstić information content (AvgIpc) is 2.77. The zero-order valence-corrected chi connectivity index (χ0v) is 11.8. The monoisotopic (exact) mass is 251 g/mol. The maximum Gasteiger partial charge on any atom is 0.165 e. The van der Waals surface area contributed by atoms with Crippen LogP contribution in [-0.2, 0) is 6.54 Å². The van der Waals surface area contributed by atoms with E-state index in [0.717, 1.165) is 25.3 Å². The molecule has 1 aromatic heterocycles. The lowest BCUT2D eigenvalue weighted by Gasteiger charge is -2.38. The molecule has 1 aliphatic rings. The highest BCUT2D eigenvalue weighted by Gasteiger charge is 2.35. The van der Waals surface area contributed by atoms with Crippen LogP contribution >= 0.6 is 0 Å². The molecule has 1 fully saturated rings. The Morgan fingerprint density at radius 1 is 1.39 bits per heavy atom. The summed E-state index contributed by atoms with van der Waals surface area (Å²) in [6, 6.07) is 0.444. The Morgan fingerprint density at radius 2 is 2.22 bits per heavy atom. The van der Waals surface area contributed by atoms with Crippen LogP contribution in [0.15, 0.2) is 0 Å². The second-order valence-electron chi connectivity index (χ2n) is 5.97. The minimum atomic E-state index is 0.299. The van der Waals surface area contributed by atoms with Crippen LogP contribution in [0.5, 0.6) is 0 Å². The molecule has 0 saturated heterocycles. The molecule has 0 amide bonds. The van der Waals surface area contributed by atoms with Gasteiger partial charge in [0.05, 0.1) is 12.6 Å². The van der Waals surface area contributed by atoms with Crippen LogP contribution < -0.4 is 5.32 Å². The first-order valence-electron chi connectivity index (χ1n) is 7.12. The number of rotatable bonds is 5. The lowest BCUT2D eigenvalue weighted by Crippen LogP contribution is -2.33. The molecule has 1 aromatic rings. The minimum Gasteiger partial charge on any atom is -0.310 e. The summed E-state index contributed by atoms with van der Waals surface area (Å²) in [7, 11) is 0. The van der Waals surface area contributed by atoms with Gasteiger partial charge < -0.3 is 5.32 Å². The summed E-state index contributed by atoms with van der Waals surface area (Å²) >= 11 is 0. The van der Waals surface area contributed by atoms with Crippen molar-refractivity contribution < 1.29 is 0 Å². The fourth-order valence-electron chi connectivity index (χ4n) is 2.88. The molecule has 18 heavy (non-hydrogen) atoms. The van der Waals surface area contributed by atoms with Crippen molar-refractivity contribution in [2.75, 3.05) is 6.54 Å². The Hall–Kier alpha value is -0.970. The summed E-state index contributed by atoms with van der Waals surface area (Å²) in [5.74, 6) is 0.975. The van der Waals surface area contributed by atoms with Crippen LogP contribution in [0.1, 0.15) is 64.7 Å². The van der Waals surface area contributed by atoms with E-state index < -0.39 is 0 Å². The first kappa shape index (κ1) is 13.5. The van der Waals surface area contributed by atoms with Gasteiger partial charge in [-0.3, -0.25) is 0 Å². The number of nitrogens with one attached hydrogen (secondary N) is 1. The Labute approximate surface area is 109 Å². The SMILES string of the molecule is CCCNCc1nnnn1C1CCCCC1(C)C. The fourth-order valence-corrected chi connectivity index (χ4v) is 2.88. The predicted molar refractivity (Wildman–Crippen MR) is 71.1 cm³/mol. The molecule has 1 atom stereocenters. The first-order chi connectivity index (χ1) is 8.65. The van der Waals surface area contributed by atoms with Crippen molar-refractivity contribution in [1.29, 1.82) is 0 Å². The van der Waals surface area contributed by atoms with Crippen molar-refractivity contribution in [2.24, 2.45) is 5.41 Å². The van der Waals surface area contributed by atoms with Gasteiger partial charge in [0.2, 0.25) is 0 Å². The smallest absolute Gasteiger partial charge is 0.165 e. The van der Waals surface area contributed by atoms with Crippen LogP contribution in [0.25, 0.3) is 0 Å². The fraction of sp³-hybridized carbons (Fsp3) is 0.923. The molecule has 0 aliphatic heterocycles. The van der Waals surface area contributed by atoms with Gasteiger partial charge in [-0.1, -0.05) is 33.6 Å². The normalized spacial score (nSPS) is 23.2. The van der Waals surface area contributed by atoms with Crippen LogP contribution in [0.4, 0.5) is 0 Å². The van der Waals surface area contributed by atoms with Crippen molar-refractivity contribution in [1.82, 2.24) is 25.5 Å². The molecule has 5 heteroatoms. The van der Waals surface area contributed by atoms with Crippen molar-refractivity contribution in [3.05, 3.63) is 5.82 Å². The van der Waals surface area contributed by atoms with Crippen molar-refractivity contribution >= 4 is 0 Å². The lowest BCUT2D eigenvalue weighted by molar-refractivity contribution is 0.128. The van der Waals surface area contributed by atoms with Gasteiger partial charge in [-0.25, -0.2) is 4.68 Å². The van der Waals surface area contributed by atoms with E-state index in [2.05, 4.69) is 46.3 Å². The average molecular weight is 251 g/mol. The van der Waals surface area contributed by atoms with E-state index >= 15 is 0 Å². The maximum atomic E-state index is 4.23. The van der Waals surface area contributed by atoms with Crippen LogP contribution in [0.3, 0.4) is 0 Å². The quantitative estimate of drug-likeness (QED) is 0.816. The van der Waals surface area contributed by atoms with Gasteiger partial charge in [-0.05, 0) is 41.6 Å². The van der Waals surface area contributed by atoms with E-state index in [-0.39, 0.29) is 0 Å². The zero-order valence-electron chi connectivity index (χ0n) is 11.8.